The molecule has 5 amide bonds. The lowest BCUT2D eigenvalue weighted by Gasteiger charge is -2.27. The molecule has 3 aromatic rings. The van der Waals surface area contributed by atoms with Crippen molar-refractivity contribution < 1.29 is 28.7 Å². The number of methoxy groups -OCH3 is 1. The molecule has 9 nitrogen and oxygen atoms in total. The van der Waals surface area contributed by atoms with Crippen LogP contribution in [-0.4, -0.2) is 37.5 Å². The van der Waals surface area contributed by atoms with Gasteiger partial charge in [0.1, 0.15) is 5.57 Å². The number of para-hydroxylation sites is 1. The van der Waals surface area contributed by atoms with E-state index in [2.05, 4.69) is 10.6 Å². The van der Waals surface area contributed by atoms with Gasteiger partial charge in [-0.2, -0.15) is 0 Å². The highest BCUT2D eigenvalue weighted by molar-refractivity contribution is 6.40. The van der Waals surface area contributed by atoms with Crippen LogP contribution in [0, 0.1) is 13.8 Å². The van der Waals surface area contributed by atoms with Gasteiger partial charge in [0, 0.05) is 10.7 Å². The van der Waals surface area contributed by atoms with Gasteiger partial charge in [-0.3, -0.25) is 19.7 Å². The number of carbonyl (C=O) groups is 4. The largest absolute Gasteiger partial charge is 0.493 e. The van der Waals surface area contributed by atoms with Gasteiger partial charge >= 0.3 is 6.03 Å². The number of urea groups is 1. The van der Waals surface area contributed by atoms with E-state index < -0.39 is 23.8 Å². The lowest BCUT2D eigenvalue weighted by molar-refractivity contribution is -0.122. The Morgan fingerprint density at radius 2 is 1.77 bits per heavy atom. The van der Waals surface area contributed by atoms with E-state index in [1.165, 1.54) is 31.4 Å². The molecule has 0 aromatic heterocycles. The maximum atomic E-state index is 13.3. The van der Waals surface area contributed by atoms with Crippen LogP contribution in [0.5, 0.6) is 11.5 Å². The van der Waals surface area contributed by atoms with Crippen molar-refractivity contribution in [1.29, 1.82) is 0 Å². The normalized spacial score (nSPS) is 14.3. The first-order valence-corrected chi connectivity index (χ1v) is 12.4. The smallest absolute Gasteiger partial charge is 0.335 e. The van der Waals surface area contributed by atoms with Gasteiger partial charge in [0.25, 0.3) is 17.7 Å². The average Bonchev–Trinajstić information content (AvgIpc) is 2.89. The quantitative estimate of drug-likeness (QED) is 0.295. The molecular formula is C28H23Cl2N3O6. The summed E-state index contributed by atoms with van der Waals surface area (Å²) in [6.07, 6.45) is 1.28. The minimum atomic E-state index is -0.893. The molecule has 0 spiro atoms. The van der Waals surface area contributed by atoms with Crippen molar-refractivity contribution >= 4 is 64.4 Å². The van der Waals surface area contributed by atoms with Gasteiger partial charge in [0.05, 0.1) is 17.8 Å². The van der Waals surface area contributed by atoms with Crippen molar-refractivity contribution in [2.75, 3.05) is 23.9 Å². The molecule has 0 aliphatic carbocycles. The molecule has 0 radical (unpaired) electrons. The van der Waals surface area contributed by atoms with Crippen molar-refractivity contribution in [2.24, 2.45) is 0 Å². The number of imide groups is 2. The van der Waals surface area contributed by atoms with Crippen LogP contribution in [0.15, 0.2) is 60.2 Å². The molecule has 1 aliphatic heterocycles. The van der Waals surface area contributed by atoms with E-state index in [4.69, 9.17) is 32.7 Å². The van der Waals surface area contributed by atoms with Gasteiger partial charge in [0.2, 0.25) is 0 Å². The molecule has 4 rings (SSSR count). The number of hydrogen-bond donors (Lipinski definition) is 2. The third kappa shape index (κ3) is 6.05. The Kier molecular flexibility index (Phi) is 8.23. The summed E-state index contributed by atoms with van der Waals surface area (Å²) in [7, 11) is 1.38. The third-order valence-electron chi connectivity index (χ3n) is 5.84. The molecule has 0 bridgehead atoms. The lowest BCUT2D eigenvalue weighted by atomic mass is 10.1. The molecule has 1 aliphatic rings. The molecule has 0 atom stereocenters. The summed E-state index contributed by atoms with van der Waals surface area (Å²) >= 11 is 12.5. The van der Waals surface area contributed by atoms with Crippen molar-refractivity contribution in [3.05, 3.63) is 86.9 Å². The van der Waals surface area contributed by atoms with Crippen LogP contribution >= 0.6 is 23.2 Å². The van der Waals surface area contributed by atoms with E-state index in [9.17, 15) is 19.2 Å². The standard InChI is InChI=1S/C28H23Cl2N3O6/c1-15-6-4-5-7-21(15)31-24(34)14-39-25-20(30)11-17(12-23(25)38-3)10-19-26(35)32-28(37)33(27(19)36)22-13-18(29)9-8-16(22)2/h4-13H,14H2,1-3H3,(H,31,34)(H,32,35,37)/b19-10+. The van der Waals surface area contributed by atoms with Crippen LogP contribution in [0.2, 0.25) is 10.0 Å². The number of anilines is 2. The highest BCUT2D eigenvalue weighted by Gasteiger charge is 2.37. The van der Waals surface area contributed by atoms with Crippen LogP contribution in [0.4, 0.5) is 16.2 Å². The number of aryl methyl sites for hydroxylation is 2. The molecule has 1 fully saturated rings. The van der Waals surface area contributed by atoms with Crippen molar-refractivity contribution in [3.63, 3.8) is 0 Å². The summed E-state index contributed by atoms with van der Waals surface area (Å²) in [5.74, 6) is -1.84. The molecule has 11 heteroatoms. The predicted molar refractivity (Wildman–Crippen MR) is 148 cm³/mol. The van der Waals surface area contributed by atoms with Gasteiger partial charge in [-0.15, -0.1) is 0 Å². The van der Waals surface area contributed by atoms with E-state index in [0.717, 1.165) is 10.5 Å². The summed E-state index contributed by atoms with van der Waals surface area (Å²) in [5, 5.41) is 5.32. The summed E-state index contributed by atoms with van der Waals surface area (Å²) in [4.78, 5) is 51.7. The fourth-order valence-electron chi connectivity index (χ4n) is 3.87. The molecule has 2 N–H and O–H groups in total. The minimum absolute atomic E-state index is 0.0761. The summed E-state index contributed by atoms with van der Waals surface area (Å²) in [6, 6.07) is 14.1. The average molecular weight is 568 g/mol. The minimum Gasteiger partial charge on any atom is -0.493 e. The second kappa shape index (κ2) is 11.6. The number of halogens is 2. The van der Waals surface area contributed by atoms with Gasteiger partial charge < -0.3 is 14.8 Å². The molecule has 3 aromatic carbocycles. The number of amides is 5. The first-order chi connectivity index (χ1) is 18.6. The van der Waals surface area contributed by atoms with Gasteiger partial charge in [-0.25, -0.2) is 9.69 Å². The fraction of sp³-hybridized carbons (Fsp3) is 0.143. The van der Waals surface area contributed by atoms with Crippen molar-refractivity contribution in [3.8, 4) is 11.5 Å². The number of rotatable bonds is 7. The lowest BCUT2D eigenvalue weighted by Crippen LogP contribution is -2.54. The maximum absolute atomic E-state index is 13.3. The van der Waals surface area contributed by atoms with Gasteiger partial charge in [-0.05, 0) is 66.9 Å². The van der Waals surface area contributed by atoms with E-state index in [0.29, 0.717) is 21.8 Å². The molecule has 0 saturated carbocycles. The van der Waals surface area contributed by atoms with Crippen LogP contribution in [0.1, 0.15) is 16.7 Å². The maximum Gasteiger partial charge on any atom is 0.335 e. The van der Waals surface area contributed by atoms with E-state index in [-0.39, 0.29) is 34.4 Å². The molecule has 1 heterocycles. The Balaban J connectivity index is 1.58. The molecule has 200 valence electrons. The highest BCUT2D eigenvalue weighted by Crippen LogP contribution is 2.37. The zero-order chi connectivity index (χ0) is 28.3. The summed E-state index contributed by atoms with van der Waals surface area (Å²) in [6.45, 7) is 3.23. The summed E-state index contributed by atoms with van der Waals surface area (Å²) in [5.41, 5.74) is 2.41. The van der Waals surface area contributed by atoms with E-state index in [1.54, 1.807) is 31.2 Å². The number of ether oxygens (including phenoxy) is 2. The molecule has 0 unspecified atom stereocenters. The van der Waals surface area contributed by atoms with Crippen LogP contribution in [0.3, 0.4) is 0 Å². The number of carbonyl (C=O) groups excluding carboxylic acids is 4. The Bertz CT molecular complexity index is 1540. The SMILES string of the molecule is COc1cc(/C=C2\C(=O)NC(=O)N(c3cc(Cl)ccc3C)C2=O)cc(Cl)c1OCC(=O)Nc1ccccc1C. The Morgan fingerprint density at radius 1 is 1.03 bits per heavy atom. The first-order valence-electron chi connectivity index (χ1n) is 11.6. The van der Waals surface area contributed by atoms with E-state index in [1.807, 2.05) is 19.1 Å². The summed E-state index contributed by atoms with van der Waals surface area (Å²) < 4.78 is 11.0. The number of benzene rings is 3. The zero-order valence-corrected chi connectivity index (χ0v) is 22.6. The predicted octanol–water partition coefficient (Wildman–Crippen LogP) is 5.30. The molecule has 39 heavy (non-hydrogen) atoms. The van der Waals surface area contributed by atoms with E-state index >= 15 is 0 Å². The van der Waals surface area contributed by atoms with Crippen LogP contribution in [0.25, 0.3) is 6.08 Å². The third-order valence-corrected chi connectivity index (χ3v) is 6.36. The number of hydrogen-bond acceptors (Lipinski definition) is 6. The Morgan fingerprint density at radius 3 is 2.49 bits per heavy atom. The fourth-order valence-corrected chi connectivity index (χ4v) is 4.31. The first kappa shape index (κ1) is 27.7. The molecule has 1 saturated heterocycles. The van der Waals surface area contributed by atoms with Gasteiger partial charge in [-0.1, -0.05) is 47.5 Å². The van der Waals surface area contributed by atoms with Crippen molar-refractivity contribution in [1.82, 2.24) is 5.32 Å². The Labute approximate surface area is 234 Å². The second-order valence-corrected chi connectivity index (χ2v) is 9.42. The topological polar surface area (TPSA) is 114 Å². The zero-order valence-electron chi connectivity index (χ0n) is 21.1. The number of nitrogens with one attached hydrogen (secondary N) is 2. The van der Waals surface area contributed by atoms with Crippen molar-refractivity contribution in [2.45, 2.75) is 13.8 Å². The Hall–Kier alpha value is -4.34. The number of nitrogens with zero attached hydrogens (tertiary/aromatic N) is 1. The highest BCUT2D eigenvalue weighted by atomic mass is 35.5. The van der Waals surface area contributed by atoms with Crippen LogP contribution in [-0.2, 0) is 14.4 Å². The monoisotopic (exact) mass is 567 g/mol. The number of barbiturate groups is 1. The molecular weight excluding hydrogens is 545 g/mol. The van der Waals surface area contributed by atoms with Gasteiger partial charge in [0.15, 0.2) is 18.1 Å². The second-order valence-electron chi connectivity index (χ2n) is 8.57. The van der Waals surface area contributed by atoms with Crippen LogP contribution < -0.4 is 25.0 Å².